The number of fused-ring (bicyclic) bond motifs is 1. The van der Waals surface area contributed by atoms with Gasteiger partial charge in [-0.1, -0.05) is 11.6 Å². The van der Waals surface area contributed by atoms with Crippen LogP contribution in [0.3, 0.4) is 0 Å². The Balaban J connectivity index is 2.36. The highest BCUT2D eigenvalue weighted by Crippen LogP contribution is 2.20. The summed E-state index contributed by atoms with van der Waals surface area (Å²) in [4.78, 5) is 15.3. The summed E-state index contributed by atoms with van der Waals surface area (Å²) in [5, 5.41) is 1.10. The van der Waals surface area contributed by atoms with Gasteiger partial charge >= 0.3 is 0 Å². The lowest BCUT2D eigenvalue weighted by atomic mass is 10.1. The zero-order valence-electron chi connectivity index (χ0n) is 8.74. The van der Waals surface area contributed by atoms with Crippen LogP contribution in [0.2, 0.25) is 5.02 Å². The Morgan fingerprint density at radius 3 is 2.88 bits per heavy atom. The number of halogens is 1. The predicted octanol–water partition coefficient (Wildman–Crippen LogP) is 3.44. The number of aromatic amines is 1. The molecule has 0 aliphatic heterocycles. The molecule has 4 heteroatoms. The summed E-state index contributed by atoms with van der Waals surface area (Å²) < 4.78 is 5.23. The van der Waals surface area contributed by atoms with E-state index < -0.39 is 0 Å². The fourth-order valence-electron chi connectivity index (χ4n) is 1.81. The van der Waals surface area contributed by atoms with E-state index in [1.807, 2.05) is 0 Å². The van der Waals surface area contributed by atoms with Crippen LogP contribution in [-0.4, -0.2) is 4.98 Å². The van der Waals surface area contributed by atoms with Crippen LogP contribution in [0.4, 0.5) is 0 Å². The number of hydrogen-bond acceptors (Lipinski definition) is 2. The molecule has 3 rings (SSSR count). The summed E-state index contributed by atoms with van der Waals surface area (Å²) in [7, 11) is 0. The van der Waals surface area contributed by atoms with Gasteiger partial charge in [-0.2, -0.15) is 0 Å². The number of aromatic nitrogens is 1. The standard InChI is InChI=1S/C13H8ClNO2/c14-8-3-4-11-9(6-8)13(16)10(7-15-11)12-2-1-5-17-12/h1-7H,(H,15,16). The van der Waals surface area contributed by atoms with Crippen LogP contribution < -0.4 is 5.43 Å². The molecule has 17 heavy (non-hydrogen) atoms. The zero-order chi connectivity index (χ0) is 11.8. The highest BCUT2D eigenvalue weighted by atomic mass is 35.5. The summed E-state index contributed by atoms with van der Waals surface area (Å²) in [6, 6.07) is 8.68. The van der Waals surface area contributed by atoms with E-state index in [2.05, 4.69) is 4.98 Å². The third-order valence-corrected chi connectivity index (χ3v) is 2.86. The van der Waals surface area contributed by atoms with E-state index in [-0.39, 0.29) is 5.43 Å². The van der Waals surface area contributed by atoms with E-state index >= 15 is 0 Å². The molecule has 2 heterocycles. The third-order valence-electron chi connectivity index (χ3n) is 2.63. The lowest BCUT2D eigenvalue weighted by Gasteiger charge is -2.01. The van der Waals surface area contributed by atoms with Gasteiger partial charge in [-0.3, -0.25) is 4.79 Å². The van der Waals surface area contributed by atoms with E-state index in [0.717, 1.165) is 5.52 Å². The van der Waals surface area contributed by atoms with Crippen LogP contribution in [0.1, 0.15) is 0 Å². The minimum absolute atomic E-state index is 0.0869. The van der Waals surface area contributed by atoms with Gasteiger partial charge in [0.25, 0.3) is 0 Å². The van der Waals surface area contributed by atoms with Gasteiger partial charge in [-0.15, -0.1) is 0 Å². The number of rotatable bonds is 1. The van der Waals surface area contributed by atoms with Crippen LogP contribution in [0.5, 0.6) is 0 Å². The Labute approximate surface area is 102 Å². The minimum Gasteiger partial charge on any atom is -0.464 e. The summed E-state index contributed by atoms with van der Waals surface area (Å²) in [5.41, 5.74) is 1.18. The SMILES string of the molecule is O=c1c(-c2ccco2)c[nH]c2ccc(Cl)cc12. The average molecular weight is 246 g/mol. The van der Waals surface area contributed by atoms with E-state index in [4.69, 9.17) is 16.0 Å². The molecule has 0 radical (unpaired) electrons. The number of nitrogens with one attached hydrogen (secondary N) is 1. The molecule has 3 aromatic rings. The van der Waals surface area contributed by atoms with Crippen molar-refractivity contribution in [2.24, 2.45) is 0 Å². The Morgan fingerprint density at radius 2 is 2.12 bits per heavy atom. The smallest absolute Gasteiger partial charge is 0.200 e. The van der Waals surface area contributed by atoms with Gasteiger partial charge in [0.2, 0.25) is 0 Å². The average Bonchev–Trinajstić information content (AvgIpc) is 2.84. The first kappa shape index (κ1) is 10.2. The molecule has 0 bridgehead atoms. The van der Waals surface area contributed by atoms with Crippen molar-refractivity contribution in [2.45, 2.75) is 0 Å². The lowest BCUT2D eigenvalue weighted by Crippen LogP contribution is -2.05. The van der Waals surface area contributed by atoms with Gasteiger partial charge in [-0.05, 0) is 30.3 Å². The molecule has 0 saturated heterocycles. The number of pyridine rings is 1. The van der Waals surface area contributed by atoms with Crippen molar-refractivity contribution < 1.29 is 4.42 Å². The fourth-order valence-corrected chi connectivity index (χ4v) is 1.98. The zero-order valence-corrected chi connectivity index (χ0v) is 9.49. The van der Waals surface area contributed by atoms with Crippen molar-refractivity contribution in [1.82, 2.24) is 4.98 Å². The van der Waals surface area contributed by atoms with Crippen molar-refractivity contribution in [3.05, 3.63) is 58.0 Å². The van der Waals surface area contributed by atoms with Crippen LogP contribution in [-0.2, 0) is 0 Å². The van der Waals surface area contributed by atoms with Gasteiger partial charge in [0.15, 0.2) is 5.43 Å². The molecule has 0 aliphatic rings. The first-order valence-electron chi connectivity index (χ1n) is 5.10. The summed E-state index contributed by atoms with van der Waals surface area (Å²) in [6.45, 7) is 0. The number of hydrogen-bond donors (Lipinski definition) is 1. The molecule has 1 aromatic carbocycles. The van der Waals surface area contributed by atoms with Crippen LogP contribution >= 0.6 is 11.6 Å². The van der Waals surface area contributed by atoms with E-state index in [1.165, 1.54) is 6.26 Å². The molecule has 0 spiro atoms. The molecule has 2 aromatic heterocycles. The molecule has 0 saturated carbocycles. The highest BCUT2D eigenvalue weighted by Gasteiger charge is 2.09. The molecule has 0 aliphatic carbocycles. The molecule has 0 amide bonds. The number of benzene rings is 1. The second-order valence-corrected chi connectivity index (χ2v) is 4.14. The largest absolute Gasteiger partial charge is 0.464 e. The maximum absolute atomic E-state index is 12.2. The first-order valence-corrected chi connectivity index (χ1v) is 5.48. The van der Waals surface area contributed by atoms with E-state index in [1.54, 1.807) is 36.5 Å². The molecule has 0 atom stereocenters. The van der Waals surface area contributed by atoms with Crippen LogP contribution in [0.25, 0.3) is 22.2 Å². The quantitative estimate of drug-likeness (QED) is 0.714. The maximum Gasteiger partial charge on any atom is 0.200 e. The van der Waals surface area contributed by atoms with Crippen molar-refractivity contribution in [1.29, 1.82) is 0 Å². The van der Waals surface area contributed by atoms with Crippen molar-refractivity contribution >= 4 is 22.5 Å². The minimum atomic E-state index is -0.0869. The molecule has 0 fully saturated rings. The lowest BCUT2D eigenvalue weighted by molar-refractivity contribution is 0.582. The normalized spacial score (nSPS) is 10.9. The summed E-state index contributed by atoms with van der Waals surface area (Å²) in [6.07, 6.45) is 3.19. The van der Waals surface area contributed by atoms with Crippen LogP contribution in [0.15, 0.2) is 52.0 Å². The number of furan rings is 1. The second kappa shape index (κ2) is 3.79. The topological polar surface area (TPSA) is 46.0 Å². The predicted molar refractivity (Wildman–Crippen MR) is 67.3 cm³/mol. The molecule has 3 nitrogen and oxygen atoms in total. The Hall–Kier alpha value is -2.00. The summed E-state index contributed by atoms with van der Waals surface area (Å²) >= 11 is 5.89. The third kappa shape index (κ3) is 1.65. The van der Waals surface area contributed by atoms with Crippen molar-refractivity contribution in [3.63, 3.8) is 0 Å². The Kier molecular flexibility index (Phi) is 2.27. The molecule has 1 N–H and O–H groups in total. The van der Waals surface area contributed by atoms with E-state index in [9.17, 15) is 4.79 Å². The molecule has 0 unspecified atom stereocenters. The van der Waals surface area contributed by atoms with Gasteiger partial charge in [0.1, 0.15) is 5.76 Å². The van der Waals surface area contributed by atoms with Gasteiger partial charge < -0.3 is 9.40 Å². The van der Waals surface area contributed by atoms with Crippen LogP contribution in [0, 0.1) is 0 Å². The molecular weight excluding hydrogens is 238 g/mol. The molecule has 84 valence electrons. The monoisotopic (exact) mass is 245 g/mol. The Morgan fingerprint density at radius 1 is 1.24 bits per heavy atom. The first-order chi connectivity index (χ1) is 8.25. The maximum atomic E-state index is 12.2. The highest BCUT2D eigenvalue weighted by molar-refractivity contribution is 6.31. The summed E-state index contributed by atoms with van der Waals surface area (Å²) in [5.74, 6) is 0.549. The van der Waals surface area contributed by atoms with E-state index in [0.29, 0.717) is 21.7 Å². The second-order valence-electron chi connectivity index (χ2n) is 3.70. The Bertz CT molecular complexity index is 729. The fraction of sp³-hybridized carbons (Fsp3) is 0. The van der Waals surface area contributed by atoms with Crippen molar-refractivity contribution in [2.75, 3.05) is 0 Å². The van der Waals surface area contributed by atoms with Crippen molar-refractivity contribution in [3.8, 4) is 11.3 Å². The van der Waals surface area contributed by atoms with Gasteiger partial charge in [-0.25, -0.2) is 0 Å². The van der Waals surface area contributed by atoms with Gasteiger partial charge in [0, 0.05) is 22.1 Å². The van der Waals surface area contributed by atoms with Gasteiger partial charge in [0.05, 0.1) is 11.8 Å². The number of H-pyrrole nitrogens is 1. The molecular formula is C13H8ClNO2.